The van der Waals surface area contributed by atoms with Crippen molar-refractivity contribution in [1.29, 1.82) is 0 Å². The highest BCUT2D eigenvalue weighted by molar-refractivity contribution is 9.10. The molecule has 1 N–H and O–H groups in total. The zero-order valence-electron chi connectivity index (χ0n) is 18.4. The monoisotopic (exact) mass is 555 g/mol. The normalized spacial score (nSPS) is 10.8. The van der Waals surface area contributed by atoms with Crippen LogP contribution in [0.5, 0.6) is 5.75 Å². The molecule has 0 aliphatic carbocycles. The molecule has 0 spiro atoms. The fourth-order valence-electron chi connectivity index (χ4n) is 3.07. The van der Waals surface area contributed by atoms with Gasteiger partial charge in [0.25, 0.3) is 0 Å². The third-order valence-electron chi connectivity index (χ3n) is 4.69. The summed E-state index contributed by atoms with van der Waals surface area (Å²) >= 11 is 6.13. The van der Waals surface area contributed by atoms with Crippen molar-refractivity contribution in [2.45, 2.75) is 25.2 Å². The van der Waals surface area contributed by atoms with Gasteiger partial charge in [0.1, 0.15) is 12.4 Å². The number of benzene rings is 2. The molecule has 0 radical (unpaired) electrons. The second-order valence-corrected chi connectivity index (χ2v) is 10.0. The highest BCUT2D eigenvalue weighted by Crippen LogP contribution is 2.26. The number of nitrogens with one attached hydrogen (secondary N) is 1. The van der Waals surface area contributed by atoms with Gasteiger partial charge in [-0.1, -0.05) is 58.0 Å². The molecule has 4 rings (SSSR count). The van der Waals surface area contributed by atoms with Gasteiger partial charge in [-0.05, 0) is 36.8 Å². The number of hydrogen-bond acceptors (Lipinski definition) is 7. The Balaban J connectivity index is 1.35. The van der Waals surface area contributed by atoms with Gasteiger partial charge in [-0.15, -0.1) is 28.1 Å². The maximum atomic E-state index is 12.5. The maximum Gasteiger partial charge on any atom is 0.236 e. The van der Waals surface area contributed by atoms with Crippen molar-refractivity contribution in [3.05, 3.63) is 82.4 Å². The minimum Gasteiger partial charge on any atom is -0.486 e. The van der Waals surface area contributed by atoms with Crippen LogP contribution in [0.2, 0.25) is 0 Å². The van der Waals surface area contributed by atoms with E-state index in [-0.39, 0.29) is 18.3 Å². The van der Waals surface area contributed by atoms with E-state index >= 15 is 0 Å². The number of nitrogens with zero attached hydrogens (tertiary/aromatic N) is 4. The van der Waals surface area contributed by atoms with Gasteiger partial charge in [-0.25, -0.2) is 4.98 Å². The molecule has 1 amide bonds. The molecule has 0 aliphatic rings. The van der Waals surface area contributed by atoms with Gasteiger partial charge in [0.2, 0.25) is 5.91 Å². The second-order valence-electron chi connectivity index (χ2n) is 7.28. The molecule has 0 unspecified atom stereocenters. The van der Waals surface area contributed by atoms with Crippen molar-refractivity contribution < 1.29 is 9.53 Å². The number of aryl methyl sites for hydroxylation is 1. The van der Waals surface area contributed by atoms with Gasteiger partial charge >= 0.3 is 0 Å². The van der Waals surface area contributed by atoms with E-state index in [2.05, 4.69) is 43.0 Å². The Bertz CT molecular complexity index is 1290. The lowest BCUT2D eigenvalue weighted by molar-refractivity contribution is -0.113. The molecule has 4 aromatic rings. The summed E-state index contributed by atoms with van der Waals surface area (Å²) in [5.74, 6) is 1.46. The first kappa shape index (κ1) is 24.2. The number of carbonyl (C=O) groups is 1. The van der Waals surface area contributed by atoms with E-state index in [4.69, 9.17) is 4.74 Å². The first-order chi connectivity index (χ1) is 16.5. The molecule has 0 atom stereocenters. The Labute approximate surface area is 214 Å². The predicted octanol–water partition coefficient (Wildman–Crippen LogP) is 5.97. The van der Waals surface area contributed by atoms with E-state index in [0.717, 1.165) is 27.0 Å². The second kappa shape index (κ2) is 11.5. The Kier molecular flexibility index (Phi) is 8.15. The zero-order valence-corrected chi connectivity index (χ0v) is 21.6. The van der Waals surface area contributed by atoms with Gasteiger partial charge in [0, 0.05) is 22.0 Å². The summed E-state index contributed by atoms with van der Waals surface area (Å²) in [6.45, 7) is 6.62. The third kappa shape index (κ3) is 6.34. The van der Waals surface area contributed by atoms with Crippen LogP contribution in [0.1, 0.15) is 11.4 Å². The maximum absolute atomic E-state index is 12.5. The number of anilines is 1. The van der Waals surface area contributed by atoms with Crippen molar-refractivity contribution in [2.75, 3.05) is 11.1 Å². The number of ether oxygens (including phenoxy) is 1. The average molecular weight is 557 g/mol. The van der Waals surface area contributed by atoms with E-state index in [1.807, 2.05) is 65.4 Å². The van der Waals surface area contributed by atoms with Crippen LogP contribution in [0.3, 0.4) is 0 Å². The summed E-state index contributed by atoms with van der Waals surface area (Å²) in [6.07, 6.45) is 1.77. The Morgan fingerprint density at radius 3 is 2.85 bits per heavy atom. The highest BCUT2D eigenvalue weighted by Gasteiger charge is 2.15. The summed E-state index contributed by atoms with van der Waals surface area (Å²) in [5, 5.41) is 14.5. The van der Waals surface area contributed by atoms with Gasteiger partial charge in [0.15, 0.2) is 16.1 Å². The Morgan fingerprint density at radius 2 is 2.09 bits per heavy atom. The minimum absolute atomic E-state index is 0.160. The molecule has 2 aromatic carbocycles. The van der Waals surface area contributed by atoms with E-state index in [0.29, 0.717) is 22.7 Å². The quantitative estimate of drug-likeness (QED) is 0.192. The number of allylic oxidation sites excluding steroid dienone is 1. The predicted molar refractivity (Wildman–Crippen MR) is 140 cm³/mol. The highest BCUT2D eigenvalue weighted by atomic mass is 79.9. The molecule has 7 nitrogen and oxygen atoms in total. The SMILES string of the molecule is C=CCn1c(COc2cccc(C)c2)nnc1SCC(=O)Nc1nc(-c2ccc(Br)cc2)cs1. The van der Waals surface area contributed by atoms with Crippen molar-refractivity contribution in [2.24, 2.45) is 0 Å². The molecule has 0 bridgehead atoms. The van der Waals surface area contributed by atoms with Crippen molar-refractivity contribution in [3.63, 3.8) is 0 Å². The summed E-state index contributed by atoms with van der Waals surface area (Å²) in [6, 6.07) is 15.7. The van der Waals surface area contributed by atoms with Crippen LogP contribution >= 0.6 is 39.0 Å². The van der Waals surface area contributed by atoms with Crippen LogP contribution < -0.4 is 10.1 Å². The average Bonchev–Trinajstić information content (AvgIpc) is 3.44. The standard InChI is InChI=1S/C24H22BrN5O2S2/c1-3-11-30-21(13-32-19-6-4-5-16(2)12-19)28-29-24(30)34-15-22(31)27-23-26-20(14-33-23)17-7-9-18(25)10-8-17/h3-10,12,14H,1,11,13,15H2,2H3,(H,26,27,31). The number of carbonyl (C=O) groups excluding carboxylic acids is 1. The Hall–Kier alpha value is -2.95. The number of halogens is 1. The lowest BCUT2D eigenvalue weighted by Crippen LogP contribution is -2.15. The first-order valence-electron chi connectivity index (χ1n) is 10.4. The number of amides is 1. The summed E-state index contributed by atoms with van der Waals surface area (Å²) in [7, 11) is 0. The number of hydrogen-bond donors (Lipinski definition) is 1. The van der Waals surface area contributed by atoms with Crippen LogP contribution in [0.4, 0.5) is 5.13 Å². The molecule has 0 aliphatic heterocycles. The fraction of sp³-hybridized carbons (Fsp3) is 0.167. The van der Waals surface area contributed by atoms with E-state index < -0.39 is 0 Å². The molecule has 10 heteroatoms. The number of thioether (sulfide) groups is 1. The molecule has 174 valence electrons. The lowest BCUT2D eigenvalue weighted by atomic mass is 10.2. The van der Waals surface area contributed by atoms with Crippen molar-refractivity contribution >= 4 is 50.1 Å². The number of rotatable bonds is 10. The summed E-state index contributed by atoms with van der Waals surface area (Å²) in [5.41, 5.74) is 2.94. The Morgan fingerprint density at radius 1 is 1.26 bits per heavy atom. The van der Waals surface area contributed by atoms with Crippen LogP contribution in [-0.2, 0) is 17.9 Å². The van der Waals surface area contributed by atoms with Crippen LogP contribution in [0.25, 0.3) is 11.3 Å². The molecule has 0 fully saturated rings. The van der Waals surface area contributed by atoms with E-state index in [9.17, 15) is 4.79 Å². The van der Waals surface area contributed by atoms with Gasteiger partial charge in [0.05, 0.1) is 11.4 Å². The largest absolute Gasteiger partial charge is 0.486 e. The lowest BCUT2D eigenvalue weighted by Gasteiger charge is -2.09. The van der Waals surface area contributed by atoms with E-state index in [1.54, 1.807) is 6.08 Å². The molecule has 2 aromatic heterocycles. The smallest absolute Gasteiger partial charge is 0.236 e. The number of aromatic nitrogens is 4. The molecule has 34 heavy (non-hydrogen) atoms. The minimum atomic E-state index is -0.160. The topological polar surface area (TPSA) is 81.9 Å². The zero-order chi connectivity index (χ0) is 23.9. The van der Waals surface area contributed by atoms with Crippen LogP contribution in [0.15, 0.2) is 76.2 Å². The van der Waals surface area contributed by atoms with Crippen LogP contribution in [-0.4, -0.2) is 31.4 Å². The molecular formula is C24H22BrN5O2S2. The van der Waals surface area contributed by atoms with E-state index in [1.165, 1.54) is 23.1 Å². The van der Waals surface area contributed by atoms with Gasteiger partial charge in [-0.2, -0.15) is 0 Å². The molecule has 2 heterocycles. The van der Waals surface area contributed by atoms with Gasteiger partial charge in [-0.3, -0.25) is 9.36 Å². The molecule has 0 saturated heterocycles. The fourth-order valence-corrected chi connectivity index (χ4v) is 4.83. The molecular weight excluding hydrogens is 534 g/mol. The van der Waals surface area contributed by atoms with Crippen molar-refractivity contribution in [3.8, 4) is 17.0 Å². The summed E-state index contributed by atoms with van der Waals surface area (Å²) in [4.78, 5) is 17.0. The van der Waals surface area contributed by atoms with Gasteiger partial charge < -0.3 is 10.1 Å². The first-order valence-corrected chi connectivity index (χ1v) is 13.0. The summed E-state index contributed by atoms with van der Waals surface area (Å²) < 4.78 is 8.77. The molecule has 0 saturated carbocycles. The third-order valence-corrected chi connectivity index (χ3v) is 6.94. The van der Waals surface area contributed by atoms with Crippen molar-refractivity contribution in [1.82, 2.24) is 19.7 Å². The number of thiazole rings is 1. The van der Waals surface area contributed by atoms with Crippen LogP contribution in [0, 0.1) is 6.92 Å².